The zero-order chi connectivity index (χ0) is 13.1. The predicted molar refractivity (Wildman–Crippen MR) is 76.3 cm³/mol. The van der Waals surface area contributed by atoms with Crippen LogP contribution in [-0.4, -0.2) is 26.2 Å². The van der Waals surface area contributed by atoms with E-state index in [0.29, 0.717) is 6.42 Å². The predicted octanol–water partition coefficient (Wildman–Crippen LogP) is 3.22. The molecule has 0 radical (unpaired) electrons. The van der Waals surface area contributed by atoms with Gasteiger partial charge in [0.2, 0.25) is 0 Å². The second-order valence-corrected chi connectivity index (χ2v) is 7.53. The molecule has 0 bridgehead atoms. The quantitative estimate of drug-likeness (QED) is 0.479. The monoisotopic (exact) mass is 354 g/mol. The third-order valence-electron chi connectivity index (χ3n) is 3.88. The van der Waals surface area contributed by atoms with E-state index >= 15 is 0 Å². The molecule has 0 aliphatic heterocycles. The normalized spacial score (nSPS) is 32.9. The summed E-state index contributed by atoms with van der Waals surface area (Å²) in [5.74, 6) is -0.195. The van der Waals surface area contributed by atoms with Crippen LogP contribution in [0, 0.1) is 0 Å². The molecule has 0 aromatic rings. The van der Waals surface area contributed by atoms with E-state index in [4.69, 9.17) is 4.74 Å². The van der Waals surface area contributed by atoms with E-state index < -0.39 is 9.02 Å². The lowest BCUT2D eigenvalue weighted by Crippen LogP contribution is -2.48. The first kappa shape index (κ1) is 15.2. The minimum absolute atomic E-state index is 0.195. The number of carbonyl (C=O) groups excluding carboxylic acids is 1. The summed E-state index contributed by atoms with van der Waals surface area (Å²) in [5, 5.41) is 10.4. The van der Waals surface area contributed by atoms with Crippen molar-refractivity contribution in [1.29, 1.82) is 0 Å². The zero-order valence-corrected chi connectivity index (χ0v) is 13.1. The molecule has 1 aliphatic carbocycles. The van der Waals surface area contributed by atoms with E-state index in [1.807, 2.05) is 20.8 Å². The summed E-state index contributed by atoms with van der Waals surface area (Å²) < 4.78 is 5.07. The minimum atomic E-state index is -0.811. The lowest BCUT2D eigenvalue weighted by Gasteiger charge is -2.39. The standard InChI is InChI=1S/C13H23IO3/c1-4-12(3,14)11(15)17-10-8-6-7-9-13(10,16)5-2/h10,16H,4-9H2,1-3H3. The Labute approximate surface area is 117 Å². The summed E-state index contributed by atoms with van der Waals surface area (Å²) >= 11 is 2.13. The van der Waals surface area contributed by atoms with Gasteiger partial charge in [0.15, 0.2) is 0 Å². The molecule has 0 spiro atoms. The molecule has 0 amide bonds. The average molecular weight is 354 g/mol. The molecule has 0 aromatic carbocycles. The van der Waals surface area contributed by atoms with Gasteiger partial charge in [0.05, 0.1) is 0 Å². The summed E-state index contributed by atoms with van der Waals surface area (Å²) in [5.41, 5.74) is -0.811. The zero-order valence-electron chi connectivity index (χ0n) is 11.0. The molecule has 4 heteroatoms. The maximum absolute atomic E-state index is 12.0. The van der Waals surface area contributed by atoms with Crippen LogP contribution >= 0.6 is 22.6 Å². The summed E-state index contributed by atoms with van der Waals surface area (Å²) in [6.45, 7) is 5.81. The van der Waals surface area contributed by atoms with E-state index in [9.17, 15) is 9.90 Å². The third kappa shape index (κ3) is 3.56. The van der Waals surface area contributed by atoms with Crippen LogP contribution in [0.1, 0.15) is 59.3 Å². The molecule has 1 saturated carbocycles. The van der Waals surface area contributed by atoms with Gasteiger partial charge >= 0.3 is 5.97 Å². The van der Waals surface area contributed by atoms with Crippen molar-refractivity contribution in [3.05, 3.63) is 0 Å². The van der Waals surface area contributed by atoms with Gasteiger partial charge < -0.3 is 9.84 Å². The third-order valence-corrected chi connectivity index (χ3v) is 5.08. The molecule has 1 rings (SSSR count). The van der Waals surface area contributed by atoms with Crippen molar-refractivity contribution >= 4 is 28.6 Å². The maximum atomic E-state index is 12.0. The molecule has 3 unspecified atom stereocenters. The summed E-state index contributed by atoms with van der Waals surface area (Å²) in [6.07, 6.45) is 4.64. The number of ether oxygens (including phenoxy) is 1. The second-order valence-electron chi connectivity index (χ2n) is 5.15. The number of alkyl halides is 1. The highest BCUT2D eigenvalue weighted by Crippen LogP contribution is 2.35. The largest absolute Gasteiger partial charge is 0.458 e. The molecule has 3 nitrogen and oxygen atoms in total. The van der Waals surface area contributed by atoms with Gasteiger partial charge in [-0.2, -0.15) is 0 Å². The second kappa shape index (κ2) is 5.87. The van der Waals surface area contributed by atoms with Gasteiger partial charge in [0.1, 0.15) is 15.1 Å². The van der Waals surface area contributed by atoms with Gasteiger partial charge in [-0.05, 0) is 39.0 Å². The summed E-state index contributed by atoms with van der Waals surface area (Å²) in [7, 11) is 0. The molecule has 17 heavy (non-hydrogen) atoms. The minimum Gasteiger partial charge on any atom is -0.458 e. The first-order valence-electron chi connectivity index (χ1n) is 6.48. The molecular weight excluding hydrogens is 331 g/mol. The van der Waals surface area contributed by atoms with E-state index in [0.717, 1.165) is 32.1 Å². The highest BCUT2D eigenvalue weighted by atomic mass is 127. The van der Waals surface area contributed by atoms with E-state index in [1.54, 1.807) is 0 Å². The highest BCUT2D eigenvalue weighted by molar-refractivity contribution is 14.1. The van der Waals surface area contributed by atoms with Crippen molar-refractivity contribution in [2.45, 2.75) is 74.4 Å². The topological polar surface area (TPSA) is 46.5 Å². The van der Waals surface area contributed by atoms with Crippen LogP contribution in [0.5, 0.6) is 0 Å². The first-order chi connectivity index (χ1) is 7.85. The van der Waals surface area contributed by atoms with Crippen LogP contribution in [0.3, 0.4) is 0 Å². The molecule has 1 fully saturated rings. The number of hydrogen-bond donors (Lipinski definition) is 1. The number of halogens is 1. The molecule has 100 valence electrons. The van der Waals surface area contributed by atoms with Gasteiger partial charge in [-0.25, -0.2) is 0 Å². The Balaban J connectivity index is 2.69. The van der Waals surface area contributed by atoms with Crippen LogP contribution in [-0.2, 0) is 9.53 Å². The molecule has 0 saturated heterocycles. The number of hydrogen-bond acceptors (Lipinski definition) is 3. The van der Waals surface area contributed by atoms with E-state index in [1.165, 1.54) is 0 Å². The van der Waals surface area contributed by atoms with Crippen LogP contribution in [0.2, 0.25) is 0 Å². The SMILES string of the molecule is CCC(C)(I)C(=O)OC1CCCCC1(O)CC. The van der Waals surface area contributed by atoms with Crippen molar-refractivity contribution in [3.63, 3.8) is 0 Å². The van der Waals surface area contributed by atoms with Gasteiger partial charge in [0, 0.05) is 0 Å². The van der Waals surface area contributed by atoms with Crippen molar-refractivity contribution < 1.29 is 14.6 Å². The summed E-state index contributed by atoms with van der Waals surface area (Å²) in [4.78, 5) is 12.0. The Morgan fingerprint density at radius 3 is 2.71 bits per heavy atom. The fourth-order valence-corrected chi connectivity index (χ4v) is 2.29. The van der Waals surface area contributed by atoms with Crippen LogP contribution in [0.4, 0.5) is 0 Å². The number of aliphatic hydroxyl groups is 1. The Morgan fingerprint density at radius 1 is 1.53 bits per heavy atom. The Hall–Kier alpha value is 0.160. The molecule has 3 atom stereocenters. The molecule has 1 N–H and O–H groups in total. The lowest BCUT2D eigenvalue weighted by atomic mass is 9.80. The van der Waals surface area contributed by atoms with Crippen molar-refractivity contribution in [2.24, 2.45) is 0 Å². The number of esters is 1. The van der Waals surface area contributed by atoms with Crippen LogP contribution in [0.25, 0.3) is 0 Å². The summed E-state index contributed by atoms with van der Waals surface area (Å²) in [6, 6.07) is 0. The fraction of sp³-hybridized carbons (Fsp3) is 0.923. The van der Waals surface area contributed by atoms with Gasteiger partial charge in [0.25, 0.3) is 0 Å². The molecule has 0 heterocycles. The van der Waals surface area contributed by atoms with Gasteiger partial charge in [-0.1, -0.05) is 42.9 Å². The Morgan fingerprint density at radius 2 is 2.18 bits per heavy atom. The van der Waals surface area contributed by atoms with Crippen molar-refractivity contribution in [1.82, 2.24) is 0 Å². The van der Waals surface area contributed by atoms with Crippen molar-refractivity contribution in [3.8, 4) is 0 Å². The van der Waals surface area contributed by atoms with Gasteiger partial charge in [-0.15, -0.1) is 0 Å². The maximum Gasteiger partial charge on any atom is 0.322 e. The highest BCUT2D eigenvalue weighted by Gasteiger charge is 2.42. The fourth-order valence-electron chi connectivity index (χ4n) is 2.16. The smallest absolute Gasteiger partial charge is 0.322 e. The Kier molecular flexibility index (Phi) is 5.25. The molecule has 0 aromatic heterocycles. The van der Waals surface area contributed by atoms with E-state index in [2.05, 4.69) is 22.6 Å². The van der Waals surface area contributed by atoms with Crippen LogP contribution < -0.4 is 0 Å². The molecule has 1 aliphatic rings. The first-order valence-corrected chi connectivity index (χ1v) is 7.56. The van der Waals surface area contributed by atoms with Gasteiger partial charge in [-0.3, -0.25) is 4.79 Å². The lowest BCUT2D eigenvalue weighted by molar-refractivity contribution is -0.174. The Bertz CT molecular complexity index is 278. The number of carbonyl (C=O) groups is 1. The number of rotatable bonds is 4. The van der Waals surface area contributed by atoms with E-state index in [-0.39, 0.29) is 12.1 Å². The molecular formula is C13H23IO3. The van der Waals surface area contributed by atoms with Crippen molar-refractivity contribution in [2.75, 3.05) is 0 Å². The van der Waals surface area contributed by atoms with Crippen LogP contribution in [0.15, 0.2) is 0 Å². The average Bonchev–Trinajstić information content (AvgIpc) is 2.32.